The summed E-state index contributed by atoms with van der Waals surface area (Å²) < 4.78 is 3.58. The average Bonchev–Trinajstić information content (AvgIpc) is 3.41. The van der Waals surface area contributed by atoms with Gasteiger partial charge in [0.25, 0.3) is 0 Å². The Morgan fingerprint density at radius 2 is 1.84 bits per heavy atom. The lowest BCUT2D eigenvalue weighted by molar-refractivity contribution is -0.115. The molecule has 0 spiro atoms. The summed E-state index contributed by atoms with van der Waals surface area (Å²) >= 11 is 0. The number of carbonyl (C=O) groups excluding carboxylic acids is 1. The van der Waals surface area contributed by atoms with Crippen LogP contribution in [0, 0.1) is 0 Å². The van der Waals surface area contributed by atoms with Crippen molar-refractivity contribution in [2.45, 2.75) is 6.42 Å². The predicted molar refractivity (Wildman–Crippen MR) is 117 cm³/mol. The number of aryl methyl sites for hydroxylation is 1. The van der Waals surface area contributed by atoms with E-state index in [1.165, 1.54) is 6.33 Å². The third kappa shape index (κ3) is 3.91. The van der Waals surface area contributed by atoms with Gasteiger partial charge in [-0.05, 0) is 30.3 Å². The van der Waals surface area contributed by atoms with Crippen molar-refractivity contribution in [1.29, 1.82) is 0 Å². The Kier molecular flexibility index (Phi) is 4.72. The molecular weight excluding hydrogens is 390 g/mol. The van der Waals surface area contributed by atoms with Gasteiger partial charge in [-0.15, -0.1) is 0 Å². The molecule has 0 saturated carbocycles. The van der Waals surface area contributed by atoms with Gasteiger partial charge in [0.05, 0.1) is 23.8 Å². The maximum absolute atomic E-state index is 12.3. The van der Waals surface area contributed by atoms with Crippen LogP contribution < -0.4 is 5.32 Å². The number of nitrogens with one attached hydrogen (secondary N) is 1. The number of hydrogen-bond acceptors (Lipinski definition) is 5. The molecule has 152 valence electrons. The maximum Gasteiger partial charge on any atom is 0.230 e. The molecule has 0 unspecified atom stereocenters. The molecule has 8 nitrogen and oxygen atoms in total. The molecule has 0 atom stereocenters. The van der Waals surface area contributed by atoms with E-state index >= 15 is 0 Å². The van der Waals surface area contributed by atoms with Gasteiger partial charge in [-0.1, -0.05) is 18.2 Å². The van der Waals surface area contributed by atoms with Gasteiger partial charge in [0, 0.05) is 53.7 Å². The van der Waals surface area contributed by atoms with Crippen molar-refractivity contribution in [3.63, 3.8) is 0 Å². The number of aromatic nitrogens is 6. The fraction of sp³-hybridized carbons (Fsp3) is 0.0870. The van der Waals surface area contributed by atoms with Gasteiger partial charge in [0.15, 0.2) is 0 Å². The van der Waals surface area contributed by atoms with E-state index in [9.17, 15) is 4.79 Å². The van der Waals surface area contributed by atoms with Crippen LogP contribution >= 0.6 is 0 Å². The Balaban J connectivity index is 1.38. The van der Waals surface area contributed by atoms with Gasteiger partial charge in [-0.2, -0.15) is 10.2 Å². The summed E-state index contributed by atoms with van der Waals surface area (Å²) in [5.41, 5.74) is 6.15. The first-order valence-corrected chi connectivity index (χ1v) is 9.78. The molecule has 0 aliphatic heterocycles. The van der Waals surface area contributed by atoms with Crippen molar-refractivity contribution in [2.24, 2.45) is 7.05 Å². The van der Waals surface area contributed by atoms with Crippen LogP contribution in [-0.4, -0.2) is 35.3 Å². The van der Waals surface area contributed by atoms with E-state index in [-0.39, 0.29) is 12.3 Å². The third-order valence-corrected chi connectivity index (χ3v) is 4.95. The summed E-state index contributed by atoms with van der Waals surface area (Å²) in [6.07, 6.45) is 9.20. The summed E-state index contributed by atoms with van der Waals surface area (Å²) in [7, 11) is 1.89. The monoisotopic (exact) mass is 409 g/mol. The lowest BCUT2D eigenvalue weighted by Crippen LogP contribution is -2.14. The van der Waals surface area contributed by atoms with Crippen molar-refractivity contribution >= 4 is 17.1 Å². The van der Waals surface area contributed by atoms with Crippen molar-refractivity contribution in [2.75, 3.05) is 5.32 Å². The number of anilines is 1. The van der Waals surface area contributed by atoms with Crippen LogP contribution in [-0.2, 0) is 18.3 Å². The van der Waals surface area contributed by atoms with Crippen LogP contribution in [0.4, 0.5) is 5.69 Å². The number of hydrogen-bond donors (Lipinski definition) is 1. The molecule has 1 aromatic carbocycles. The summed E-state index contributed by atoms with van der Waals surface area (Å²) in [6.45, 7) is 0. The number of carbonyl (C=O) groups is 1. The van der Waals surface area contributed by atoms with Crippen molar-refractivity contribution in [3.8, 4) is 22.4 Å². The zero-order valence-electron chi connectivity index (χ0n) is 16.8. The highest BCUT2D eigenvalue weighted by atomic mass is 16.1. The van der Waals surface area contributed by atoms with E-state index in [2.05, 4.69) is 31.5 Å². The molecule has 0 fully saturated rings. The maximum atomic E-state index is 12.3. The van der Waals surface area contributed by atoms with Gasteiger partial charge in [0.2, 0.25) is 5.91 Å². The molecule has 0 aliphatic carbocycles. The first-order valence-electron chi connectivity index (χ1n) is 9.78. The molecule has 5 aromatic rings. The minimum atomic E-state index is -0.108. The van der Waals surface area contributed by atoms with Crippen LogP contribution in [0.2, 0.25) is 0 Å². The molecule has 8 heteroatoms. The van der Waals surface area contributed by atoms with E-state index in [1.807, 2.05) is 72.6 Å². The summed E-state index contributed by atoms with van der Waals surface area (Å²) in [5.74, 6) is -0.108. The highest BCUT2D eigenvalue weighted by molar-refractivity contribution is 5.92. The quantitative estimate of drug-likeness (QED) is 0.481. The first kappa shape index (κ1) is 18.7. The second-order valence-electron chi connectivity index (χ2n) is 7.19. The minimum Gasteiger partial charge on any atom is -0.326 e. The minimum absolute atomic E-state index is 0.108. The Bertz CT molecular complexity index is 1350. The highest BCUT2D eigenvalue weighted by Crippen LogP contribution is 2.28. The van der Waals surface area contributed by atoms with E-state index in [4.69, 9.17) is 0 Å². The van der Waals surface area contributed by atoms with Crippen LogP contribution in [0.1, 0.15) is 5.69 Å². The van der Waals surface area contributed by atoms with E-state index < -0.39 is 0 Å². The summed E-state index contributed by atoms with van der Waals surface area (Å²) in [4.78, 5) is 20.9. The molecule has 4 aromatic heterocycles. The normalized spacial score (nSPS) is 11.0. The fourth-order valence-corrected chi connectivity index (χ4v) is 3.46. The van der Waals surface area contributed by atoms with Crippen LogP contribution in [0.5, 0.6) is 0 Å². The van der Waals surface area contributed by atoms with Crippen LogP contribution in [0.25, 0.3) is 27.9 Å². The second-order valence-corrected chi connectivity index (χ2v) is 7.19. The molecule has 1 amide bonds. The predicted octanol–water partition coefficient (Wildman–Crippen LogP) is 3.37. The molecule has 4 heterocycles. The Hall–Kier alpha value is -4.33. The summed E-state index contributed by atoms with van der Waals surface area (Å²) in [5, 5.41) is 11.5. The third-order valence-electron chi connectivity index (χ3n) is 4.95. The number of pyridine rings is 1. The van der Waals surface area contributed by atoms with Crippen LogP contribution in [0.3, 0.4) is 0 Å². The van der Waals surface area contributed by atoms with Gasteiger partial charge in [-0.25, -0.2) is 9.50 Å². The molecule has 0 radical (unpaired) electrons. The molecule has 1 N–H and O–H groups in total. The first-order chi connectivity index (χ1) is 15.2. The number of amides is 1. The van der Waals surface area contributed by atoms with E-state index in [0.717, 1.165) is 39.3 Å². The van der Waals surface area contributed by atoms with Gasteiger partial charge < -0.3 is 5.32 Å². The highest BCUT2D eigenvalue weighted by Gasteiger charge is 2.12. The van der Waals surface area contributed by atoms with Gasteiger partial charge in [0.1, 0.15) is 6.33 Å². The number of nitrogens with zero attached hydrogens (tertiary/aromatic N) is 6. The average molecular weight is 409 g/mol. The lowest BCUT2D eigenvalue weighted by Gasteiger charge is -2.07. The molecule has 0 saturated heterocycles. The number of benzene rings is 1. The Labute approximate surface area is 178 Å². The standard InChI is InChI=1S/C23H19N7O/c1-29-13-18(12-26-29)17-10-21-23(25-15-27-30(21)14-17)16-5-7-19(8-6-16)28-22(31)11-20-4-2-3-9-24-20/h2-10,12-15H,11H2,1H3,(H,28,31). The largest absolute Gasteiger partial charge is 0.326 e. The van der Waals surface area contributed by atoms with Crippen molar-refractivity contribution in [3.05, 3.63) is 85.3 Å². The van der Waals surface area contributed by atoms with Crippen molar-refractivity contribution < 1.29 is 4.79 Å². The Morgan fingerprint density at radius 3 is 2.58 bits per heavy atom. The SMILES string of the molecule is Cn1cc(-c2cc3c(-c4ccc(NC(=O)Cc5ccccn5)cc4)ncnn3c2)cn1. The zero-order valence-corrected chi connectivity index (χ0v) is 16.8. The van der Waals surface area contributed by atoms with Gasteiger partial charge >= 0.3 is 0 Å². The number of rotatable bonds is 5. The smallest absolute Gasteiger partial charge is 0.230 e. The van der Waals surface area contributed by atoms with E-state index in [0.29, 0.717) is 0 Å². The summed E-state index contributed by atoms with van der Waals surface area (Å²) in [6, 6.07) is 15.2. The van der Waals surface area contributed by atoms with Gasteiger partial charge in [-0.3, -0.25) is 14.5 Å². The Morgan fingerprint density at radius 1 is 0.968 bits per heavy atom. The molecule has 0 bridgehead atoms. The van der Waals surface area contributed by atoms with Crippen molar-refractivity contribution in [1.82, 2.24) is 29.4 Å². The molecular formula is C23H19N7O. The molecule has 5 rings (SSSR count). The zero-order chi connectivity index (χ0) is 21.2. The topological polar surface area (TPSA) is 90.0 Å². The molecule has 31 heavy (non-hydrogen) atoms. The molecule has 0 aliphatic rings. The lowest BCUT2D eigenvalue weighted by atomic mass is 10.1. The van der Waals surface area contributed by atoms with Crippen LogP contribution in [0.15, 0.2) is 79.6 Å². The number of fused-ring (bicyclic) bond motifs is 1. The second kappa shape index (κ2) is 7.83. The fourth-order valence-electron chi connectivity index (χ4n) is 3.46. The van der Waals surface area contributed by atoms with E-state index in [1.54, 1.807) is 10.9 Å².